The first-order valence-corrected chi connectivity index (χ1v) is 10.2. The van der Waals surface area contributed by atoms with Crippen molar-refractivity contribution in [3.8, 4) is 0 Å². The van der Waals surface area contributed by atoms with Gasteiger partial charge in [0.25, 0.3) is 0 Å². The highest BCUT2D eigenvalue weighted by molar-refractivity contribution is 7.90. The lowest BCUT2D eigenvalue weighted by molar-refractivity contribution is 0.502. The third kappa shape index (κ3) is 3.78. The molecule has 0 radical (unpaired) electrons. The van der Waals surface area contributed by atoms with Crippen molar-refractivity contribution >= 4 is 15.7 Å². The topological polar surface area (TPSA) is 50.3 Å². The van der Waals surface area contributed by atoms with Crippen molar-refractivity contribution in [3.63, 3.8) is 0 Å². The van der Waals surface area contributed by atoms with Crippen molar-refractivity contribution in [2.45, 2.75) is 37.5 Å². The molecule has 1 aromatic heterocycles. The van der Waals surface area contributed by atoms with Gasteiger partial charge in [0, 0.05) is 25.5 Å². The zero-order valence-electron chi connectivity index (χ0n) is 14.5. The first-order chi connectivity index (χ1) is 11.3. The van der Waals surface area contributed by atoms with Gasteiger partial charge in [-0.2, -0.15) is 0 Å². The van der Waals surface area contributed by atoms with E-state index in [1.54, 1.807) is 6.07 Å². The summed E-state index contributed by atoms with van der Waals surface area (Å²) in [4.78, 5) is 6.86. The second-order valence-electron chi connectivity index (χ2n) is 6.81. The van der Waals surface area contributed by atoms with Crippen LogP contribution in [0.2, 0.25) is 0 Å². The van der Waals surface area contributed by atoms with Gasteiger partial charge in [0.15, 0.2) is 9.84 Å². The molecule has 0 unspecified atom stereocenters. The van der Waals surface area contributed by atoms with E-state index in [0.717, 1.165) is 31.7 Å². The molecule has 1 saturated heterocycles. The molecule has 1 fully saturated rings. The van der Waals surface area contributed by atoms with Crippen LogP contribution in [0.3, 0.4) is 0 Å². The Morgan fingerprint density at radius 1 is 1.04 bits per heavy atom. The van der Waals surface area contributed by atoms with Crippen LogP contribution in [0.1, 0.15) is 35.4 Å². The van der Waals surface area contributed by atoms with E-state index in [4.69, 9.17) is 0 Å². The average molecular weight is 344 g/mol. The van der Waals surface area contributed by atoms with Crippen molar-refractivity contribution in [2.75, 3.05) is 24.2 Å². The predicted octanol–water partition coefficient (Wildman–Crippen LogP) is 3.49. The number of rotatable bonds is 3. The monoisotopic (exact) mass is 344 g/mol. The smallest absolute Gasteiger partial charge is 0.177 e. The summed E-state index contributed by atoms with van der Waals surface area (Å²) >= 11 is 0. The number of hydrogen-bond donors (Lipinski definition) is 0. The molecule has 128 valence electrons. The zero-order valence-corrected chi connectivity index (χ0v) is 15.3. The lowest BCUT2D eigenvalue weighted by atomic mass is 9.88. The normalized spacial score (nSPS) is 16.4. The molecule has 1 aliphatic heterocycles. The summed E-state index contributed by atoms with van der Waals surface area (Å²) < 4.78 is 23.0. The highest BCUT2D eigenvalue weighted by Crippen LogP contribution is 2.31. The van der Waals surface area contributed by atoms with Gasteiger partial charge in [0.2, 0.25) is 0 Å². The van der Waals surface area contributed by atoms with Crippen molar-refractivity contribution in [1.82, 2.24) is 4.98 Å². The number of aryl methyl sites for hydroxylation is 2. The molecule has 0 aliphatic carbocycles. The molecule has 2 aromatic rings. The van der Waals surface area contributed by atoms with Crippen LogP contribution in [0.4, 0.5) is 5.82 Å². The summed E-state index contributed by atoms with van der Waals surface area (Å²) in [5, 5.41) is 0. The van der Waals surface area contributed by atoms with Gasteiger partial charge < -0.3 is 4.90 Å². The quantitative estimate of drug-likeness (QED) is 0.855. The predicted molar refractivity (Wildman–Crippen MR) is 97.5 cm³/mol. The number of hydrogen-bond acceptors (Lipinski definition) is 4. The second kappa shape index (κ2) is 6.55. The van der Waals surface area contributed by atoms with Crippen molar-refractivity contribution < 1.29 is 8.42 Å². The Kier molecular flexibility index (Phi) is 4.63. The average Bonchev–Trinajstić information content (AvgIpc) is 2.53. The van der Waals surface area contributed by atoms with Crippen LogP contribution in [0, 0.1) is 13.8 Å². The molecule has 1 aliphatic rings. The van der Waals surface area contributed by atoms with Crippen LogP contribution in [-0.2, 0) is 9.84 Å². The van der Waals surface area contributed by atoms with Gasteiger partial charge in [-0.1, -0.05) is 29.3 Å². The Morgan fingerprint density at radius 3 is 2.17 bits per heavy atom. The SMILES string of the molecule is Cc1cc(C)cc(C2CCN(c3ccc(S(C)(=O)=O)cn3)CC2)c1. The molecule has 24 heavy (non-hydrogen) atoms. The molecule has 1 aromatic carbocycles. The van der Waals surface area contributed by atoms with Gasteiger partial charge >= 0.3 is 0 Å². The minimum atomic E-state index is -3.18. The van der Waals surface area contributed by atoms with Gasteiger partial charge in [-0.15, -0.1) is 0 Å². The van der Waals surface area contributed by atoms with Gasteiger partial charge in [0.1, 0.15) is 5.82 Å². The van der Waals surface area contributed by atoms with Crippen LogP contribution in [0.25, 0.3) is 0 Å². The largest absolute Gasteiger partial charge is 0.357 e. The molecule has 3 rings (SSSR count). The van der Waals surface area contributed by atoms with Gasteiger partial charge in [-0.25, -0.2) is 13.4 Å². The highest BCUT2D eigenvalue weighted by atomic mass is 32.2. The first-order valence-electron chi connectivity index (χ1n) is 8.32. The number of aromatic nitrogens is 1. The molecular formula is C19H24N2O2S. The summed E-state index contributed by atoms with van der Waals surface area (Å²) in [5.74, 6) is 1.46. The fraction of sp³-hybridized carbons (Fsp3) is 0.421. The first kappa shape index (κ1) is 17.0. The van der Waals surface area contributed by atoms with E-state index in [9.17, 15) is 8.42 Å². The van der Waals surface area contributed by atoms with Crippen LogP contribution in [0.15, 0.2) is 41.4 Å². The Labute approximate surface area is 144 Å². The second-order valence-corrected chi connectivity index (χ2v) is 8.82. The minimum absolute atomic E-state index is 0.274. The molecule has 5 heteroatoms. The summed E-state index contributed by atoms with van der Waals surface area (Å²) in [5.41, 5.74) is 4.09. The number of pyridine rings is 1. The summed E-state index contributed by atoms with van der Waals surface area (Å²) in [7, 11) is -3.18. The van der Waals surface area contributed by atoms with Crippen molar-refractivity contribution in [3.05, 3.63) is 53.2 Å². The third-order valence-electron chi connectivity index (χ3n) is 4.68. The minimum Gasteiger partial charge on any atom is -0.357 e. The molecule has 4 nitrogen and oxygen atoms in total. The number of nitrogens with zero attached hydrogens (tertiary/aromatic N) is 2. The molecule has 0 amide bonds. The van der Waals surface area contributed by atoms with Gasteiger partial charge in [-0.3, -0.25) is 0 Å². The fourth-order valence-electron chi connectivity index (χ4n) is 3.47. The van der Waals surface area contributed by atoms with Crippen LogP contribution >= 0.6 is 0 Å². The standard InChI is InChI=1S/C19H24N2O2S/c1-14-10-15(2)12-17(11-14)16-6-8-21(9-7-16)19-5-4-18(13-20-19)24(3,22)23/h4-5,10-13,16H,6-9H2,1-3H3. The number of anilines is 1. The Hall–Kier alpha value is -1.88. The maximum absolute atomic E-state index is 11.5. The van der Waals surface area contributed by atoms with Crippen LogP contribution in [0.5, 0.6) is 0 Å². The molecule has 0 N–H and O–H groups in total. The van der Waals surface area contributed by atoms with E-state index in [1.807, 2.05) is 6.07 Å². The summed E-state index contributed by atoms with van der Waals surface area (Å²) in [6, 6.07) is 10.3. The molecular weight excluding hydrogens is 320 g/mol. The van der Waals surface area contributed by atoms with Gasteiger partial charge in [0.05, 0.1) is 4.90 Å². The lowest BCUT2D eigenvalue weighted by Gasteiger charge is -2.33. The van der Waals surface area contributed by atoms with E-state index in [-0.39, 0.29) is 4.90 Å². The molecule has 0 atom stereocenters. The van der Waals surface area contributed by atoms with E-state index in [0.29, 0.717) is 5.92 Å². The maximum atomic E-state index is 11.5. The van der Waals surface area contributed by atoms with Crippen LogP contribution < -0.4 is 4.90 Å². The van der Waals surface area contributed by atoms with Gasteiger partial charge in [-0.05, 0) is 50.3 Å². The van der Waals surface area contributed by atoms with E-state index >= 15 is 0 Å². The highest BCUT2D eigenvalue weighted by Gasteiger charge is 2.22. The number of sulfone groups is 1. The maximum Gasteiger partial charge on any atom is 0.177 e. The Balaban J connectivity index is 1.68. The van der Waals surface area contributed by atoms with E-state index < -0.39 is 9.84 Å². The summed E-state index contributed by atoms with van der Waals surface area (Å²) in [6.45, 7) is 6.20. The third-order valence-corrected chi connectivity index (χ3v) is 5.78. The lowest BCUT2D eigenvalue weighted by Crippen LogP contribution is -2.33. The molecule has 0 bridgehead atoms. The zero-order chi connectivity index (χ0) is 17.3. The number of piperidine rings is 1. The Morgan fingerprint density at radius 2 is 1.67 bits per heavy atom. The number of benzene rings is 1. The Bertz CT molecular complexity index is 801. The molecule has 0 saturated carbocycles. The van der Waals surface area contributed by atoms with E-state index in [1.165, 1.54) is 29.1 Å². The molecule has 0 spiro atoms. The van der Waals surface area contributed by atoms with Crippen molar-refractivity contribution in [1.29, 1.82) is 0 Å². The van der Waals surface area contributed by atoms with Crippen LogP contribution in [-0.4, -0.2) is 32.7 Å². The summed E-state index contributed by atoms with van der Waals surface area (Å²) in [6.07, 6.45) is 4.86. The van der Waals surface area contributed by atoms with Crippen molar-refractivity contribution in [2.24, 2.45) is 0 Å². The fourth-order valence-corrected chi connectivity index (χ4v) is 4.03. The molecule has 2 heterocycles. The van der Waals surface area contributed by atoms with E-state index in [2.05, 4.69) is 41.9 Å².